The molecule has 18 heavy (non-hydrogen) atoms. The van der Waals surface area contributed by atoms with Gasteiger partial charge in [0.05, 0.1) is 6.61 Å². The Balaban J connectivity index is 2.44. The third kappa shape index (κ3) is 2.59. The second kappa shape index (κ2) is 5.78. The lowest BCUT2D eigenvalue weighted by atomic mass is 9.94. The predicted octanol–water partition coefficient (Wildman–Crippen LogP) is 1.74. The maximum atomic E-state index is 10.0. The lowest BCUT2D eigenvalue weighted by Gasteiger charge is -2.19. The first-order valence-electron chi connectivity index (χ1n) is 5.85. The van der Waals surface area contributed by atoms with Crippen molar-refractivity contribution in [3.05, 3.63) is 60.2 Å². The van der Waals surface area contributed by atoms with Gasteiger partial charge in [-0.25, -0.2) is 0 Å². The summed E-state index contributed by atoms with van der Waals surface area (Å²) in [6.07, 6.45) is -2.26. The fourth-order valence-corrected chi connectivity index (χ4v) is 1.94. The topological polar surface area (TPSA) is 60.7 Å². The number of rotatable bonds is 4. The normalized spacial score (nSPS) is 14.2. The summed E-state index contributed by atoms with van der Waals surface area (Å²) in [5.74, 6) is 0. The molecule has 0 aromatic heterocycles. The Morgan fingerprint density at radius 2 is 1.44 bits per heavy atom. The molecule has 0 aliphatic heterocycles. The summed E-state index contributed by atoms with van der Waals surface area (Å²) in [6.45, 7) is -0.468. The summed E-state index contributed by atoms with van der Waals surface area (Å²) < 4.78 is 0. The van der Waals surface area contributed by atoms with Crippen molar-refractivity contribution in [2.24, 2.45) is 0 Å². The Hall–Kier alpha value is -1.68. The minimum atomic E-state index is -1.17. The molecule has 0 saturated heterocycles. The lowest BCUT2D eigenvalue weighted by molar-refractivity contribution is -0.0149. The molecule has 0 spiro atoms. The van der Waals surface area contributed by atoms with Crippen LogP contribution in [0, 0.1) is 0 Å². The SMILES string of the molecule is OCC(O)C(O)c1ccccc1-c1ccccc1. The molecule has 0 bridgehead atoms. The molecule has 0 heterocycles. The van der Waals surface area contributed by atoms with Crippen LogP contribution in [0.2, 0.25) is 0 Å². The van der Waals surface area contributed by atoms with Crippen molar-refractivity contribution in [1.82, 2.24) is 0 Å². The molecule has 3 N–H and O–H groups in total. The van der Waals surface area contributed by atoms with E-state index < -0.39 is 18.8 Å². The van der Waals surface area contributed by atoms with Crippen molar-refractivity contribution in [3.8, 4) is 11.1 Å². The van der Waals surface area contributed by atoms with E-state index in [0.29, 0.717) is 5.56 Å². The second-order valence-corrected chi connectivity index (χ2v) is 4.15. The van der Waals surface area contributed by atoms with Gasteiger partial charge in [0, 0.05) is 0 Å². The second-order valence-electron chi connectivity index (χ2n) is 4.15. The summed E-state index contributed by atoms with van der Waals surface area (Å²) in [5, 5.41) is 28.5. The Kier molecular flexibility index (Phi) is 4.10. The van der Waals surface area contributed by atoms with Crippen LogP contribution in [0.15, 0.2) is 54.6 Å². The monoisotopic (exact) mass is 244 g/mol. The minimum Gasteiger partial charge on any atom is -0.394 e. The van der Waals surface area contributed by atoms with E-state index in [1.165, 1.54) is 0 Å². The number of hydrogen-bond donors (Lipinski definition) is 3. The van der Waals surface area contributed by atoms with Crippen LogP contribution in [-0.2, 0) is 0 Å². The molecule has 3 nitrogen and oxygen atoms in total. The van der Waals surface area contributed by atoms with Gasteiger partial charge in [-0.15, -0.1) is 0 Å². The van der Waals surface area contributed by atoms with Crippen LogP contribution < -0.4 is 0 Å². The van der Waals surface area contributed by atoms with Gasteiger partial charge in [0.15, 0.2) is 0 Å². The smallest absolute Gasteiger partial charge is 0.108 e. The molecule has 94 valence electrons. The Morgan fingerprint density at radius 3 is 2.11 bits per heavy atom. The third-order valence-electron chi connectivity index (χ3n) is 2.92. The molecule has 2 unspecified atom stereocenters. The summed E-state index contributed by atoms with van der Waals surface area (Å²) in [7, 11) is 0. The van der Waals surface area contributed by atoms with Gasteiger partial charge >= 0.3 is 0 Å². The van der Waals surface area contributed by atoms with E-state index in [1.54, 1.807) is 12.1 Å². The molecular formula is C15H16O3. The van der Waals surface area contributed by atoms with Gasteiger partial charge in [0.1, 0.15) is 12.2 Å². The van der Waals surface area contributed by atoms with E-state index in [1.807, 2.05) is 42.5 Å². The molecule has 0 saturated carbocycles. The fourth-order valence-electron chi connectivity index (χ4n) is 1.94. The third-order valence-corrected chi connectivity index (χ3v) is 2.92. The van der Waals surface area contributed by atoms with E-state index >= 15 is 0 Å². The van der Waals surface area contributed by atoms with Gasteiger partial charge < -0.3 is 15.3 Å². The molecule has 0 aliphatic carbocycles. The van der Waals surface area contributed by atoms with Crippen molar-refractivity contribution >= 4 is 0 Å². The van der Waals surface area contributed by atoms with Crippen LogP contribution in [-0.4, -0.2) is 28.0 Å². The van der Waals surface area contributed by atoms with E-state index in [9.17, 15) is 10.2 Å². The highest BCUT2D eigenvalue weighted by Gasteiger charge is 2.20. The summed E-state index contributed by atoms with van der Waals surface area (Å²) >= 11 is 0. The number of hydrogen-bond acceptors (Lipinski definition) is 3. The fraction of sp³-hybridized carbons (Fsp3) is 0.200. The average Bonchev–Trinajstić information content (AvgIpc) is 2.46. The van der Waals surface area contributed by atoms with Crippen molar-refractivity contribution < 1.29 is 15.3 Å². The highest BCUT2D eigenvalue weighted by molar-refractivity contribution is 5.67. The summed E-state index contributed by atoms with van der Waals surface area (Å²) in [4.78, 5) is 0. The van der Waals surface area contributed by atoms with E-state index in [0.717, 1.165) is 11.1 Å². The summed E-state index contributed by atoms with van der Waals surface area (Å²) in [6, 6.07) is 17.0. The molecule has 0 aliphatic rings. The van der Waals surface area contributed by atoms with Crippen molar-refractivity contribution in [2.45, 2.75) is 12.2 Å². The number of aliphatic hydroxyl groups excluding tert-OH is 3. The van der Waals surface area contributed by atoms with Gasteiger partial charge in [-0.2, -0.15) is 0 Å². The van der Waals surface area contributed by atoms with Gasteiger partial charge in [0.25, 0.3) is 0 Å². The van der Waals surface area contributed by atoms with Crippen molar-refractivity contribution in [2.75, 3.05) is 6.61 Å². The molecule has 0 radical (unpaired) electrons. The first-order chi connectivity index (χ1) is 8.74. The molecule has 3 heteroatoms. The van der Waals surface area contributed by atoms with Crippen LogP contribution >= 0.6 is 0 Å². The highest BCUT2D eigenvalue weighted by Crippen LogP contribution is 2.29. The average molecular weight is 244 g/mol. The first kappa shape index (κ1) is 12.8. The van der Waals surface area contributed by atoms with Crippen molar-refractivity contribution in [3.63, 3.8) is 0 Å². The molecule has 0 amide bonds. The molecular weight excluding hydrogens is 228 g/mol. The quantitative estimate of drug-likeness (QED) is 0.767. The van der Waals surface area contributed by atoms with Gasteiger partial charge in [0.2, 0.25) is 0 Å². The highest BCUT2D eigenvalue weighted by atomic mass is 16.4. The number of aliphatic hydroxyl groups is 3. The summed E-state index contributed by atoms with van der Waals surface area (Å²) in [5.41, 5.74) is 2.45. The van der Waals surface area contributed by atoms with E-state index in [4.69, 9.17) is 5.11 Å². The zero-order valence-electron chi connectivity index (χ0n) is 9.90. The molecule has 2 aromatic rings. The van der Waals surface area contributed by atoms with Crippen LogP contribution in [0.1, 0.15) is 11.7 Å². The first-order valence-corrected chi connectivity index (χ1v) is 5.85. The van der Waals surface area contributed by atoms with Crippen LogP contribution in [0.5, 0.6) is 0 Å². The minimum absolute atomic E-state index is 0.468. The Labute approximate surface area is 106 Å². The molecule has 2 atom stereocenters. The van der Waals surface area contributed by atoms with Crippen LogP contribution in [0.3, 0.4) is 0 Å². The Morgan fingerprint density at radius 1 is 0.833 bits per heavy atom. The van der Waals surface area contributed by atoms with Crippen molar-refractivity contribution in [1.29, 1.82) is 0 Å². The zero-order chi connectivity index (χ0) is 13.0. The molecule has 0 fully saturated rings. The van der Waals surface area contributed by atoms with Gasteiger partial charge in [-0.3, -0.25) is 0 Å². The van der Waals surface area contributed by atoms with E-state index in [2.05, 4.69) is 0 Å². The largest absolute Gasteiger partial charge is 0.394 e. The van der Waals surface area contributed by atoms with Crippen LogP contribution in [0.4, 0.5) is 0 Å². The zero-order valence-corrected chi connectivity index (χ0v) is 9.90. The molecule has 2 rings (SSSR count). The van der Waals surface area contributed by atoms with Gasteiger partial charge in [-0.1, -0.05) is 54.6 Å². The molecule has 2 aromatic carbocycles. The van der Waals surface area contributed by atoms with Gasteiger partial charge in [-0.05, 0) is 16.7 Å². The lowest BCUT2D eigenvalue weighted by Crippen LogP contribution is -2.22. The maximum absolute atomic E-state index is 10.0. The maximum Gasteiger partial charge on any atom is 0.108 e. The predicted molar refractivity (Wildman–Crippen MR) is 69.9 cm³/mol. The standard InChI is InChI=1S/C15H16O3/c16-10-14(17)15(18)13-9-5-4-8-12(13)11-6-2-1-3-7-11/h1-9,14-18H,10H2. The number of benzene rings is 2. The Bertz CT molecular complexity index is 496. The van der Waals surface area contributed by atoms with E-state index in [-0.39, 0.29) is 0 Å². The van der Waals surface area contributed by atoms with Crippen LogP contribution in [0.25, 0.3) is 11.1 Å².